The average Bonchev–Trinajstić information content (AvgIpc) is 3.48. The van der Waals surface area contributed by atoms with Gasteiger partial charge in [-0.3, -0.25) is 4.79 Å². The van der Waals surface area contributed by atoms with Crippen LogP contribution >= 0.6 is 0 Å². The summed E-state index contributed by atoms with van der Waals surface area (Å²) in [7, 11) is 1.59. The number of pyridine rings is 1. The molecule has 1 amide bonds. The van der Waals surface area contributed by atoms with Gasteiger partial charge in [-0.05, 0) is 48.7 Å². The van der Waals surface area contributed by atoms with Crippen molar-refractivity contribution in [2.75, 3.05) is 12.4 Å². The molecule has 0 spiro atoms. The lowest BCUT2D eigenvalue weighted by atomic mass is 9.78. The zero-order valence-corrected chi connectivity index (χ0v) is 17.3. The summed E-state index contributed by atoms with van der Waals surface area (Å²) in [4.78, 5) is 22.3. The summed E-state index contributed by atoms with van der Waals surface area (Å²) in [6.07, 6.45) is 5.42. The third-order valence-electron chi connectivity index (χ3n) is 6.08. The molecule has 1 aliphatic carbocycles. The third kappa shape index (κ3) is 3.44. The SMILES string of the molecule is COc1ccc(-c2nc3ncccc3o2)cc1NC(=O)C1(c2ccccc2)CCCC1. The predicted octanol–water partition coefficient (Wildman–Crippen LogP) is 5.35. The van der Waals surface area contributed by atoms with Gasteiger partial charge in [-0.15, -0.1) is 0 Å². The number of nitrogens with one attached hydrogen (secondary N) is 1. The number of rotatable bonds is 5. The number of amides is 1. The predicted molar refractivity (Wildman–Crippen MR) is 119 cm³/mol. The molecular formula is C25H23N3O3. The van der Waals surface area contributed by atoms with Gasteiger partial charge in [-0.25, -0.2) is 4.98 Å². The molecule has 0 saturated heterocycles. The van der Waals surface area contributed by atoms with Crippen molar-refractivity contribution >= 4 is 22.8 Å². The maximum atomic E-state index is 13.6. The molecule has 6 nitrogen and oxygen atoms in total. The molecule has 4 aromatic rings. The Balaban J connectivity index is 1.50. The van der Waals surface area contributed by atoms with E-state index in [9.17, 15) is 4.79 Å². The second-order valence-corrected chi connectivity index (χ2v) is 7.87. The van der Waals surface area contributed by atoms with Gasteiger partial charge in [0.1, 0.15) is 5.75 Å². The minimum absolute atomic E-state index is 0.00844. The molecule has 0 radical (unpaired) electrons. The first-order valence-electron chi connectivity index (χ1n) is 10.5. The van der Waals surface area contributed by atoms with Gasteiger partial charge >= 0.3 is 0 Å². The lowest BCUT2D eigenvalue weighted by Gasteiger charge is -2.28. The third-order valence-corrected chi connectivity index (χ3v) is 6.08. The van der Waals surface area contributed by atoms with Crippen LogP contribution in [0.4, 0.5) is 5.69 Å². The normalized spacial score (nSPS) is 15.1. The highest BCUT2D eigenvalue weighted by Crippen LogP contribution is 2.43. The van der Waals surface area contributed by atoms with Crippen LogP contribution in [0.5, 0.6) is 5.75 Å². The molecule has 0 unspecified atom stereocenters. The summed E-state index contributed by atoms with van der Waals surface area (Å²) >= 11 is 0. The Morgan fingerprint density at radius 3 is 2.61 bits per heavy atom. The number of hydrogen-bond acceptors (Lipinski definition) is 5. The number of methoxy groups -OCH3 is 1. The summed E-state index contributed by atoms with van der Waals surface area (Å²) in [6, 6.07) is 19.2. The van der Waals surface area contributed by atoms with Crippen molar-refractivity contribution in [2.24, 2.45) is 0 Å². The Hall–Kier alpha value is -3.67. The van der Waals surface area contributed by atoms with E-state index in [2.05, 4.69) is 15.3 Å². The molecule has 1 aliphatic rings. The van der Waals surface area contributed by atoms with Crippen molar-refractivity contribution in [1.82, 2.24) is 9.97 Å². The van der Waals surface area contributed by atoms with Crippen molar-refractivity contribution < 1.29 is 13.9 Å². The molecule has 1 fully saturated rings. The van der Waals surface area contributed by atoms with Gasteiger partial charge < -0.3 is 14.5 Å². The van der Waals surface area contributed by atoms with Gasteiger partial charge in [0.05, 0.1) is 18.2 Å². The molecular weight excluding hydrogens is 390 g/mol. The number of benzene rings is 2. The van der Waals surface area contributed by atoms with Gasteiger partial charge in [-0.1, -0.05) is 43.2 Å². The quantitative estimate of drug-likeness (QED) is 0.477. The number of anilines is 1. The van der Waals surface area contributed by atoms with Crippen LogP contribution in [0.15, 0.2) is 71.3 Å². The highest BCUT2D eigenvalue weighted by Gasteiger charge is 2.42. The minimum Gasteiger partial charge on any atom is -0.495 e. The van der Waals surface area contributed by atoms with Gasteiger partial charge in [-0.2, -0.15) is 4.98 Å². The molecule has 156 valence electrons. The van der Waals surface area contributed by atoms with Crippen molar-refractivity contribution in [1.29, 1.82) is 0 Å². The smallest absolute Gasteiger partial charge is 0.235 e. The largest absolute Gasteiger partial charge is 0.495 e. The number of carbonyl (C=O) groups is 1. The fourth-order valence-corrected chi connectivity index (χ4v) is 4.46. The summed E-state index contributed by atoms with van der Waals surface area (Å²) in [5.41, 5.74) is 3.05. The first kappa shape index (κ1) is 19.3. The van der Waals surface area contributed by atoms with E-state index >= 15 is 0 Å². The maximum Gasteiger partial charge on any atom is 0.235 e. The number of carbonyl (C=O) groups excluding carboxylic acids is 1. The highest BCUT2D eigenvalue weighted by atomic mass is 16.5. The standard InChI is InChI=1S/C25H23N3O3/c1-30-20-12-11-17(23-28-22-21(31-23)10-7-15-26-22)16-19(20)27-24(29)25(13-5-6-14-25)18-8-3-2-4-9-18/h2-4,7-12,15-16H,5-6,13-14H2,1H3,(H,27,29). The minimum atomic E-state index is -0.524. The number of nitrogens with zero attached hydrogens (tertiary/aromatic N) is 2. The van der Waals surface area contributed by atoms with E-state index in [-0.39, 0.29) is 5.91 Å². The molecule has 1 N–H and O–H groups in total. The molecule has 0 aliphatic heterocycles. The van der Waals surface area contributed by atoms with Crippen molar-refractivity contribution in [3.8, 4) is 17.2 Å². The number of fused-ring (bicyclic) bond motifs is 1. The molecule has 6 heteroatoms. The Morgan fingerprint density at radius 2 is 1.87 bits per heavy atom. The lowest BCUT2D eigenvalue weighted by molar-refractivity contribution is -0.121. The van der Waals surface area contributed by atoms with Crippen LogP contribution in [-0.2, 0) is 10.2 Å². The van der Waals surface area contributed by atoms with Gasteiger partial charge in [0.25, 0.3) is 0 Å². The van der Waals surface area contributed by atoms with E-state index < -0.39 is 5.41 Å². The molecule has 0 bridgehead atoms. The van der Waals surface area contributed by atoms with Crippen LogP contribution in [0, 0.1) is 0 Å². The number of hydrogen-bond donors (Lipinski definition) is 1. The molecule has 2 aromatic heterocycles. The van der Waals surface area contributed by atoms with Crippen LogP contribution in [0.2, 0.25) is 0 Å². The topological polar surface area (TPSA) is 77.2 Å². The van der Waals surface area contributed by atoms with Crippen LogP contribution < -0.4 is 10.1 Å². The van der Waals surface area contributed by atoms with Crippen LogP contribution in [0.25, 0.3) is 22.7 Å². The Kier molecular flexibility index (Phi) is 4.90. The van der Waals surface area contributed by atoms with Crippen molar-refractivity contribution in [2.45, 2.75) is 31.1 Å². The van der Waals surface area contributed by atoms with E-state index in [0.29, 0.717) is 28.6 Å². The van der Waals surface area contributed by atoms with Crippen LogP contribution in [0.3, 0.4) is 0 Å². The molecule has 1 saturated carbocycles. The van der Waals surface area contributed by atoms with E-state index in [1.165, 1.54) is 0 Å². The monoisotopic (exact) mass is 413 g/mol. The zero-order chi connectivity index (χ0) is 21.3. The van der Waals surface area contributed by atoms with E-state index in [0.717, 1.165) is 36.8 Å². The first-order valence-corrected chi connectivity index (χ1v) is 10.5. The van der Waals surface area contributed by atoms with E-state index in [1.54, 1.807) is 13.3 Å². The Morgan fingerprint density at radius 1 is 1.06 bits per heavy atom. The second-order valence-electron chi connectivity index (χ2n) is 7.87. The Labute approximate surface area is 180 Å². The number of oxazole rings is 1. The van der Waals surface area contributed by atoms with E-state index in [1.807, 2.05) is 60.7 Å². The highest BCUT2D eigenvalue weighted by molar-refractivity contribution is 6.01. The number of aromatic nitrogens is 2. The van der Waals surface area contributed by atoms with Crippen LogP contribution in [-0.4, -0.2) is 23.0 Å². The van der Waals surface area contributed by atoms with Crippen LogP contribution in [0.1, 0.15) is 31.2 Å². The lowest BCUT2D eigenvalue weighted by Crippen LogP contribution is -2.38. The average molecular weight is 413 g/mol. The van der Waals surface area contributed by atoms with Crippen molar-refractivity contribution in [3.05, 3.63) is 72.4 Å². The molecule has 2 heterocycles. The van der Waals surface area contributed by atoms with Gasteiger partial charge in [0.2, 0.25) is 11.8 Å². The summed E-state index contributed by atoms with van der Waals surface area (Å²) in [5.74, 6) is 1.03. The first-order chi connectivity index (χ1) is 15.2. The Bertz CT molecular complexity index is 1190. The molecule has 2 aromatic carbocycles. The maximum absolute atomic E-state index is 13.6. The molecule has 0 atom stereocenters. The molecule has 31 heavy (non-hydrogen) atoms. The fraction of sp³-hybridized carbons (Fsp3) is 0.240. The summed E-state index contributed by atoms with van der Waals surface area (Å²) in [5, 5.41) is 3.14. The fourth-order valence-electron chi connectivity index (χ4n) is 4.46. The number of ether oxygens (including phenoxy) is 1. The van der Waals surface area contributed by atoms with Gasteiger partial charge in [0, 0.05) is 11.8 Å². The van der Waals surface area contributed by atoms with Gasteiger partial charge in [0.15, 0.2) is 11.2 Å². The zero-order valence-electron chi connectivity index (χ0n) is 17.3. The summed E-state index contributed by atoms with van der Waals surface area (Å²) in [6.45, 7) is 0. The van der Waals surface area contributed by atoms with Crippen molar-refractivity contribution in [3.63, 3.8) is 0 Å². The summed E-state index contributed by atoms with van der Waals surface area (Å²) < 4.78 is 11.4. The molecule has 5 rings (SSSR count). The second kappa shape index (κ2) is 7.87. The van der Waals surface area contributed by atoms with E-state index in [4.69, 9.17) is 9.15 Å².